The first kappa shape index (κ1) is 29.2. The molecule has 0 unspecified atom stereocenters. The zero-order chi connectivity index (χ0) is 54.0. The van der Waals surface area contributed by atoms with Crippen LogP contribution in [0.2, 0.25) is 0 Å². The lowest BCUT2D eigenvalue weighted by Gasteiger charge is -2.16. The number of hydrogen-bond acceptors (Lipinski definition) is 5. The standard InChI is InChI=1S/C58H52N4O/c1-38(2)52-32-55(44-13-7-5-8-14-44)61-36-47(52)26-23-42-29-41(30-43(31-42)24-27-48-37-62-56(33-53(48)39(3)4)45-15-9-6-10-16-45)22-21-40-25-28-54(60-35-40)51-20-12-19-50-49-18-11-17-46(34-59)57(49)63-58(50)51/h5-20,25,28-33,35-39H,21-24,26-27H2,1-4H3/i21D2,22D2,23D2,24D2,26D2,27D2. The molecule has 5 nitrogen and oxygen atoms in total. The fourth-order valence-electron chi connectivity index (χ4n) is 7.64. The SMILES string of the molecule is [2H]C([2H])(c1ccc(-c2cccc3c2oc2c(C#N)cccc23)nc1)C([2H])([2H])c1cc(C([2H])([2H])C([2H])([2H])c2cnc(-c3ccccc3)cc2C(C)C)cc(C([2H])([2H])C([2H])([2H])c2cnc(-c3ccccc3)cc2C(C)C)c1. The number of aryl methyl sites for hydroxylation is 6. The van der Waals surface area contributed by atoms with Crippen LogP contribution in [0, 0.1) is 11.3 Å². The predicted octanol–water partition coefficient (Wildman–Crippen LogP) is 14.2. The molecule has 0 aliphatic carbocycles. The molecule has 0 saturated carbocycles. The lowest BCUT2D eigenvalue weighted by atomic mass is 9.90. The third-order valence-electron chi connectivity index (χ3n) is 10.9. The second-order valence-electron chi connectivity index (χ2n) is 15.9. The summed E-state index contributed by atoms with van der Waals surface area (Å²) in [6.07, 6.45) is -14.5. The Morgan fingerprint density at radius 1 is 0.492 bits per heavy atom. The second-order valence-corrected chi connectivity index (χ2v) is 15.9. The summed E-state index contributed by atoms with van der Waals surface area (Å²) in [6.45, 7) is 7.35. The molecule has 0 aliphatic rings. The normalized spacial score (nSPS) is 15.7. The minimum atomic E-state index is -3.14. The lowest BCUT2D eigenvalue weighted by molar-refractivity contribution is 0.668. The summed E-state index contributed by atoms with van der Waals surface area (Å²) in [5.74, 6) is -0.665. The Balaban J connectivity index is 1.18. The summed E-state index contributed by atoms with van der Waals surface area (Å²) < 4.78 is 122. The van der Waals surface area contributed by atoms with Gasteiger partial charge in [-0.2, -0.15) is 5.26 Å². The van der Waals surface area contributed by atoms with Crippen LogP contribution in [0.15, 0.2) is 163 Å². The molecule has 0 spiro atoms. The van der Waals surface area contributed by atoms with Gasteiger partial charge in [-0.1, -0.05) is 137 Å². The molecule has 5 heteroatoms. The Morgan fingerprint density at radius 3 is 1.49 bits per heavy atom. The molecular weight excluding hydrogens is 769 g/mol. The maximum absolute atomic E-state index is 9.75. The molecule has 4 aromatic heterocycles. The number of aromatic nitrogens is 3. The molecule has 0 radical (unpaired) electrons. The van der Waals surface area contributed by atoms with Crippen LogP contribution in [0.4, 0.5) is 0 Å². The largest absolute Gasteiger partial charge is 0.454 e. The van der Waals surface area contributed by atoms with E-state index in [1.165, 1.54) is 30.7 Å². The van der Waals surface area contributed by atoms with Gasteiger partial charge >= 0.3 is 0 Å². The van der Waals surface area contributed by atoms with Gasteiger partial charge in [-0.05, 0) is 125 Å². The van der Waals surface area contributed by atoms with E-state index in [0.717, 1.165) is 40.1 Å². The average Bonchev–Trinajstić information content (AvgIpc) is 3.80. The van der Waals surface area contributed by atoms with E-state index in [1.807, 2.05) is 100 Å². The molecule has 4 heterocycles. The number of hydrogen-bond donors (Lipinski definition) is 0. The zero-order valence-electron chi connectivity index (χ0n) is 47.4. The fourth-order valence-corrected chi connectivity index (χ4v) is 7.64. The van der Waals surface area contributed by atoms with E-state index in [9.17, 15) is 21.7 Å². The van der Waals surface area contributed by atoms with Crippen molar-refractivity contribution in [1.82, 2.24) is 15.0 Å². The summed E-state index contributed by atoms with van der Waals surface area (Å²) in [5, 5.41) is 11.2. The first-order chi connectivity index (χ1) is 35.3. The highest BCUT2D eigenvalue weighted by molar-refractivity contribution is 6.10. The molecule has 9 rings (SSSR count). The predicted molar refractivity (Wildman–Crippen MR) is 258 cm³/mol. The van der Waals surface area contributed by atoms with Crippen molar-refractivity contribution in [2.45, 2.75) is 77.8 Å². The zero-order valence-corrected chi connectivity index (χ0v) is 35.4. The Hall–Kier alpha value is -7.16. The molecule has 0 N–H and O–H groups in total. The van der Waals surface area contributed by atoms with Crippen molar-refractivity contribution in [3.63, 3.8) is 0 Å². The minimum Gasteiger partial charge on any atom is -0.454 e. The molecule has 63 heavy (non-hydrogen) atoms. The van der Waals surface area contributed by atoms with Gasteiger partial charge in [-0.3, -0.25) is 15.0 Å². The summed E-state index contributed by atoms with van der Waals surface area (Å²) in [6, 6.07) is 40.6. The van der Waals surface area contributed by atoms with Crippen LogP contribution in [-0.4, -0.2) is 15.0 Å². The van der Waals surface area contributed by atoms with Gasteiger partial charge in [0.15, 0.2) is 5.58 Å². The summed E-state index contributed by atoms with van der Waals surface area (Å²) in [7, 11) is 0. The van der Waals surface area contributed by atoms with Crippen molar-refractivity contribution in [2.75, 3.05) is 0 Å². The monoisotopic (exact) mass is 832 g/mol. The molecular formula is C58H52N4O. The molecule has 0 amide bonds. The van der Waals surface area contributed by atoms with Crippen LogP contribution in [-0.2, 0) is 38.2 Å². The fraction of sp³-hybridized carbons (Fsp3) is 0.207. The van der Waals surface area contributed by atoms with Crippen LogP contribution in [0.25, 0.3) is 55.7 Å². The molecule has 0 bridgehead atoms. The van der Waals surface area contributed by atoms with E-state index in [2.05, 4.69) is 21.0 Å². The van der Waals surface area contributed by atoms with Crippen molar-refractivity contribution in [2.24, 2.45) is 0 Å². The van der Waals surface area contributed by atoms with Crippen molar-refractivity contribution < 1.29 is 20.9 Å². The van der Waals surface area contributed by atoms with Crippen molar-refractivity contribution in [1.29, 1.82) is 5.26 Å². The maximum Gasteiger partial charge on any atom is 0.153 e. The Morgan fingerprint density at radius 2 is 0.984 bits per heavy atom. The van der Waals surface area contributed by atoms with Crippen molar-refractivity contribution in [3.05, 3.63) is 208 Å². The van der Waals surface area contributed by atoms with Crippen LogP contribution in [0.1, 0.15) is 106 Å². The maximum atomic E-state index is 9.75. The smallest absolute Gasteiger partial charge is 0.153 e. The van der Waals surface area contributed by atoms with Crippen LogP contribution >= 0.6 is 0 Å². The topological polar surface area (TPSA) is 75.6 Å². The molecule has 9 aromatic rings. The third-order valence-corrected chi connectivity index (χ3v) is 10.9. The van der Waals surface area contributed by atoms with Gasteiger partial charge in [0.05, 0.1) is 22.6 Å². The van der Waals surface area contributed by atoms with Gasteiger partial charge in [0.25, 0.3) is 0 Å². The average molecular weight is 833 g/mol. The van der Waals surface area contributed by atoms with Gasteiger partial charge in [0, 0.05) is 62.5 Å². The van der Waals surface area contributed by atoms with Crippen LogP contribution in [0.5, 0.6) is 0 Å². The number of para-hydroxylation sites is 2. The number of nitriles is 1. The van der Waals surface area contributed by atoms with E-state index in [4.69, 9.17) is 4.42 Å². The van der Waals surface area contributed by atoms with E-state index in [0.29, 0.717) is 50.5 Å². The molecule has 0 atom stereocenters. The highest BCUT2D eigenvalue weighted by Crippen LogP contribution is 2.36. The summed E-state index contributed by atoms with van der Waals surface area (Å²) >= 11 is 0. The van der Waals surface area contributed by atoms with Gasteiger partial charge in [-0.15, -0.1) is 0 Å². The van der Waals surface area contributed by atoms with E-state index in [1.54, 1.807) is 36.4 Å². The number of rotatable bonds is 14. The minimum absolute atomic E-state index is 0.105. The highest BCUT2D eigenvalue weighted by Gasteiger charge is 2.17. The van der Waals surface area contributed by atoms with E-state index >= 15 is 0 Å². The quantitative estimate of drug-likeness (QED) is 0.109. The van der Waals surface area contributed by atoms with Gasteiger partial charge in [-0.25, -0.2) is 0 Å². The number of fused-ring (bicyclic) bond motifs is 3. The Labute approximate surface area is 388 Å². The first-order valence-electron chi connectivity index (χ1n) is 26.9. The number of furan rings is 1. The van der Waals surface area contributed by atoms with Crippen molar-refractivity contribution in [3.8, 4) is 39.8 Å². The number of pyridine rings is 3. The van der Waals surface area contributed by atoms with E-state index in [-0.39, 0.29) is 28.5 Å². The number of benzene rings is 5. The molecule has 0 aliphatic heterocycles. The van der Waals surface area contributed by atoms with Gasteiger partial charge < -0.3 is 4.42 Å². The Bertz CT molecular complexity index is 3510. The van der Waals surface area contributed by atoms with Gasteiger partial charge in [0.2, 0.25) is 0 Å². The summed E-state index contributed by atoms with van der Waals surface area (Å²) in [5.41, 5.74) is 3.40. The molecule has 310 valence electrons. The van der Waals surface area contributed by atoms with E-state index < -0.39 is 54.9 Å². The van der Waals surface area contributed by atoms with Crippen LogP contribution < -0.4 is 0 Å². The molecule has 5 aromatic carbocycles. The molecule has 0 fully saturated rings. The lowest BCUT2D eigenvalue weighted by Crippen LogP contribution is -2.04. The van der Waals surface area contributed by atoms with Crippen molar-refractivity contribution >= 4 is 21.9 Å². The summed E-state index contributed by atoms with van der Waals surface area (Å²) in [4.78, 5) is 13.7. The number of nitrogens with zero attached hydrogens (tertiary/aromatic N) is 4. The molecule has 0 saturated heterocycles. The highest BCUT2D eigenvalue weighted by atomic mass is 16.3. The van der Waals surface area contributed by atoms with Crippen LogP contribution in [0.3, 0.4) is 0 Å². The third kappa shape index (κ3) is 9.08. The Kier molecular flexibility index (Phi) is 8.55. The first-order valence-corrected chi connectivity index (χ1v) is 20.9. The van der Waals surface area contributed by atoms with Gasteiger partial charge in [0.1, 0.15) is 11.7 Å². The second kappa shape index (κ2) is 18.4.